The molecule has 0 bridgehead atoms. The summed E-state index contributed by atoms with van der Waals surface area (Å²) >= 11 is 0. The number of carbonyl (C=O) groups excluding carboxylic acids is 1. The molecule has 7 heteroatoms. The Labute approximate surface area is 134 Å². The van der Waals surface area contributed by atoms with Crippen molar-refractivity contribution in [2.45, 2.75) is 19.3 Å². The van der Waals surface area contributed by atoms with Crippen LogP contribution in [0.25, 0.3) is 11.3 Å². The SMILES string of the molecule is COc1ccc(-c2nn(C(N)=O)c3c2CCCCN3)cc1OC. The van der Waals surface area contributed by atoms with E-state index in [0.717, 1.165) is 42.6 Å². The molecule has 2 aromatic rings. The minimum atomic E-state index is -0.595. The molecule has 0 saturated heterocycles. The third-order valence-electron chi connectivity index (χ3n) is 4.00. The Hall–Kier alpha value is -2.70. The van der Waals surface area contributed by atoms with E-state index in [0.29, 0.717) is 17.3 Å². The van der Waals surface area contributed by atoms with Gasteiger partial charge in [0.25, 0.3) is 0 Å². The van der Waals surface area contributed by atoms with Crippen molar-refractivity contribution in [3.63, 3.8) is 0 Å². The lowest BCUT2D eigenvalue weighted by Crippen LogP contribution is -2.23. The number of benzene rings is 1. The molecule has 1 amide bonds. The van der Waals surface area contributed by atoms with E-state index in [1.54, 1.807) is 14.2 Å². The average molecular weight is 316 g/mol. The van der Waals surface area contributed by atoms with Gasteiger partial charge in [0, 0.05) is 17.7 Å². The number of amides is 1. The van der Waals surface area contributed by atoms with E-state index in [1.807, 2.05) is 18.2 Å². The van der Waals surface area contributed by atoms with Gasteiger partial charge in [0.05, 0.1) is 19.9 Å². The Morgan fingerprint density at radius 2 is 2.04 bits per heavy atom. The predicted octanol–water partition coefficient (Wildman–Crippen LogP) is 2.24. The monoisotopic (exact) mass is 316 g/mol. The molecule has 0 fully saturated rings. The number of methoxy groups -OCH3 is 2. The number of aromatic nitrogens is 2. The highest BCUT2D eigenvalue weighted by molar-refractivity contribution is 5.82. The normalized spacial score (nSPS) is 13.7. The largest absolute Gasteiger partial charge is 0.493 e. The lowest BCUT2D eigenvalue weighted by molar-refractivity contribution is 0.248. The van der Waals surface area contributed by atoms with Gasteiger partial charge in [-0.15, -0.1) is 0 Å². The summed E-state index contributed by atoms with van der Waals surface area (Å²) in [5.41, 5.74) is 8.07. The second kappa shape index (κ2) is 6.20. The van der Waals surface area contributed by atoms with Crippen molar-refractivity contribution in [1.29, 1.82) is 0 Å². The van der Waals surface area contributed by atoms with Crippen LogP contribution >= 0.6 is 0 Å². The van der Waals surface area contributed by atoms with Crippen LogP contribution in [0.4, 0.5) is 10.6 Å². The second-order valence-corrected chi connectivity index (χ2v) is 5.38. The van der Waals surface area contributed by atoms with Gasteiger partial charge >= 0.3 is 6.03 Å². The second-order valence-electron chi connectivity index (χ2n) is 5.38. The maximum absolute atomic E-state index is 11.7. The number of nitrogens with one attached hydrogen (secondary N) is 1. The van der Waals surface area contributed by atoms with Gasteiger partial charge in [-0.25, -0.2) is 4.79 Å². The number of nitrogens with two attached hydrogens (primary N) is 1. The number of hydrogen-bond donors (Lipinski definition) is 2. The zero-order valence-corrected chi connectivity index (χ0v) is 13.3. The molecular formula is C16H20N4O3. The van der Waals surface area contributed by atoms with E-state index in [9.17, 15) is 4.79 Å². The molecule has 0 unspecified atom stereocenters. The lowest BCUT2D eigenvalue weighted by Gasteiger charge is -2.09. The molecule has 3 rings (SSSR count). The number of hydrogen-bond acceptors (Lipinski definition) is 5. The molecule has 0 atom stereocenters. The van der Waals surface area contributed by atoms with E-state index >= 15 is 0 Å². The van der Waals surface area contributed by atoms with E-state index < -0.39 is 6.03 Å². The number of fused-ring (bicyclic) bond motifs is 1. The molecule has 0 saturated carbocycles. The summed E-state index contributed by atoms with van der Waals surface area (Å²) in [5, 5.41) is 7.68. The molecule has 1 aromatic heterocycles. The molecule has 1 aromatic carbocycles. The summed E-state index contributed by atoms with van der Waals surface area (Å²) in [6.07, 6.45) is 2.92. The molecule has 23 heavy (non-hydrogen) atoms. The summed E-state index contributed by atoms with van der Waals surface area (Å²) in [6, 6.07) is 4.99. The van der Waals surface area contributed by atoms with Crippen LogP contribution in [0.15, 0.2) is 18.2 Å². The lowest BCUT2D eigenvalue weighted by atomic mass is 10.0. The Morgan fingerprint density at radius 1 is 1.26 bits per heavy atom. The molecule has 1 aliphatic heterocycles. The Kier molecular flexibility index (Phi) is 4.10. The van der Waals surface area contributed by atoms with Gasteiger partial charge in [0.2, 0.25) is 0 Å². The maximum Gasteiger partial charge on any atom is 0.341 e. The summed E-state index contributed by atoms with van der Waals surface area (Å²) < 4.78 is 11.9. The van der Waals surface area contributed by atoms with Gasteiger partial charge in [0.15, 0.2) is 11.5 Å². The molecule has 0 spiro atoms. The smallest absolute Gasteiger partial charge is 0.341 e. The van der Waals surface area contributed by atoms with E-state index in [2.05, 4.69) is 10.4 Å². The topological polar surface area (TPSA) is 91.4 Å². The molecule has 0 radical (unpaired) electrons. The average Bonchev–Trinajstić information content (AvgIpc) is 2.76. The van der Waals surface area contributed by atoms with Crippen molar-refractivity contribution in [2.75, 3.05) is 26.1 Å². The number of ether oxygens (including phenoxy) is 2. The van der Waals surface area contributed by atoms with Gasteiger partial charge in [-0.3, -0.25) is 0 Å². The molecule has 3 N–H and O–H groups in total. The maximum atomic E-state index is 11.7. The summed E-state index contributed by atoms with van der Waals surface area (Å²) in [5.74, 6) is 1.96. The Morgan fingerprint density at radius 3 is 2.74 bits per heavy atom. The van der Waals surface area contributed by atoms with Crippen LogP contribution in [0.1, 0.15) is 18.4 Å². The third kappa shape index (κ3) is 2.69. The van der Waals surface area contributed by atoms with Crippen molar-refractivity contribution in [3.8, 4) is 22.8 Å². The van der Waals surface area contributed by atoms with Crippen molar-refractivity contribution in [1.82, 2.24) is 9.78 Å². The fraction of sp³-hybridized carbons (Fsp3) is 0.375. The van der Waals surface area contributed by atoms with Gasteiger partial charge in [-0.05, 0) is 37.5 Å². The van der Waals surface area contributed by atoms with Crippen LogP contribution in [0.2, 0.25) is 0 Å². The van der Waals surface area contributed by atoms with Crippen molar-refractivity contribution < 1.29 is 14.3 Å². The first-order valence-electron chi connectivity index (χ1n) is 7.53. The summed E-state index contributed by atoms with van der Waals surface area (Å²) in [4.78, 5) is 11.7. The fourth-order valence-corrected chi connectivity index (χ4v) is 2.88. The van der Waals surface area contributed by atoms with Crippen molar-refractivity contribution in [3.05, 3.63) is 23.8 Å². The van der Waals surface area contributed by atoms with Crippen molar-refractivity contribution >= 4 is 11.8 Å². The van der Waals surface area contributed by atoms with Crippen LogP contribution < -0.4 is 20.5 Å². The first-order valence-corrected chi connectivity index (χ1v) is 7.53. The van der Waals surface area contributed by atoms with Crippen LogP contribution in [0, 0.1) is 0 Å². The van der Waals surface area contributed by atoms with Crippen LogP contribution in [-0.2, 0) is 6.42 Å². The molecule has 2 heterocycles. The first kappa shape index (κ1) is 15.2. The van der Waals surface area contributed by atoms with Crippen LogP contribution in [0.5, 0.6) is 11.5 Å². The molecular weight excluding hydrogens is 296 g/mol. The molecule has 0 aliphatic carbocycles. The van der Waals surface area contributed by atoms with E-state index in [1.165, 1.54) is 4.68 Å². The predicted molar refractivity (Wildman–Crippen MR) is 87.2 cm³/mol. The van der Waals surface area contributed by atoms with E-state index in [4.69, 9.17) is 15.2 Å². The van der Waals surface area contributed by atoms with Gasteiger partial charge in [-0.1, -0.05) is 0 Å². The first-order chi connectivity index (χ1) is 11.2. The third-order valence-corrected chi connectivity index (χ3v) is 4.00. The minimum absolute atomic E-state index is 0.595. The number of carbonyl (C=O) groups is 1. The van der Waals surface area contributed by atoms with Crippen LogP contribution in [0.3, 0.4) is 0 Å². The summed E-state index contributed by atoms with van der Waals surface area (Å²) in [7, 11) is 3.18. The number of rotatable bonds is 3. The Bertz CT molecular complexity index is 739. The highest BCUT2D eigenvalue weighted by Gasteiger charge is 2.23. The zero-order valence-electron chi connectivity index (χ0n) is 13.3. The van der Waals surface area contributed by atoms with Gasteiger partial charge in [0.1, 0.15) is 5.82 Å². The highest BCUT2D eigenvalue weighted by Crippen LogP contribution is 2.36. The van der Waals surface area contributed by atoms with Gasteiger partial charge in [-0.2, -0.15) is 9.78 Å². The number of nitrogens with zero attached hydrogens (tertiary/aromatic N) is 2. The standard InChI is InChI=1S/C16H20N4O3/c1-22-12-7-6-10(9-13(12)23-2)14-11-5-3-4-8-18-15(11)20(19-14)16(17)21/h6-7,9,18H,3-5,8H2,1-2H3,(H2,17,21). The minimum Gasteiger partial charge on any atom is -0.493 e. The number of anilines is 1. The Balaban J connectivity index is 2.14. The molecule has 7 nitrogen and oxygen atoms in total. The molecule has 122 valence electrons. The summed E-state index contributed by atoms with van der Waals surface area (Å²) in [6.45, 7) is 0.803. The zero-order chi connectivity index (χ0) is 16.4. The van der Waals surface area contributed by atoms with Gasteiger partial charge < -0.3 is 20.5 Å². The van der Waals surface area contributed by atoms with E-state index in [-0.39, 0.29) is 0 Å². The van der Waals surface area contributed by atoms with Crippen molar-refractivity contribution in [2.24, 2.45) is 5.73 Å². The quantitative estimate of drug-likeness (QED) is 0.906. The molecule has 1 aliphatic rings. The fourth-order valence-electron chi connectivity index (χ4n) is 2.88. The highest BCUT2D eigenvalue weighted by atomic mass is 16.5. The van der Waals surface area contributed by atoms with Crippen LogP contribution in [-0.4, -0.2) is 36.6 Å². The number of primary amides is 1.